The Labute approximate surface area is 150 Å². The molecule has 9 nitrogen and oxygen atoms in total. The second-order valence-corrected chi connectivity index (χ2v) is 11.0. The fraction of sp³-hybridized carbons (Fsp3) is 0.857. The normalized spacial score (nSPS) is 13.8. The predicted molar refractivity (Wildman–Crippen MR) is 91.7 cm³/mol. The van der Waals surface area contributed by atoms with E-state index in [1.54, 1.807) is 41.5 Å². The fourth-order valence-corrected chi connectivity index (χ4v) is 3.42. The largest absolute Gasteiger partial charge is 0.459 e. The van der Waals surface area contributed by atoms with Crippen molar-refractivity contribution in [3.8, 4) is 0 Å². The lowest BCUT2D eigenvalue weighted by Crippen LogP contribution is -2.51. The number of esters is 2. The molecule has 0 aromatic heterocycles. The van der Waals surface area contributed by atoms with Crippen LogP contribution >= 0.6 is 0 Å². The van der Waals surface area contributed by atoms with Crippen LogP contribution in [0.2, 0.25) is 0 Å². The van der Waals surface area contributed by atoms with Gasteiger partial charge in [-0.25, -0.2) is 16.8 Å². The summed E-state index contributed by atoms with van der Waals surface area (Å²) in [7, 11) is -7.83. The Balaban J connectivity index is 6.06. The zero-order valence-corrected chi connectivity index (χ0v) is 17.5. The van der Waals surface area contributed by atoms with Gasteiger partial charge in [-0.05, 0) is 48.5 Å². The van der Waals surface area contributed by atoms with Gasteiger partial charge in [-0.2, -0.15) is 0 Å². The first-order valence-corrected chi connectivity index (χ1v) is 10.4. The molecular weight excluding hydrogens is 374 g/mol. The Morgan fingerprint density at radius 2 is 1.20 bits per heavy atom. The third kappa shape index (κ3) is 7.70. The van der Waals surface area contributed by atoms with Crippen LogP contribution in [0.5, 0.6) is 0 Å². The number of carbonyl (C=O) groups excluding carboxylic acids is 2. The van der Waals surface area contributed by atoms with Crippen LogP contribution in [0.25, 0.3) is 0 Å². The van der Waals surface area contributed by atoms with Crippen molar-refractivity contribution in [2.75, 3.05) is 12.8 Å². The summed E-state index contributed by atoms with van der Waals surface area (Å²) in [6.07, 6.45) is 0.655. The molecule has 0 saturated heterocycles. The molecule has 0 bridgehead atoms. The van der Waals surface area contributed by atoms with E-state index in [2.05, 4.69) is 0 Å². The number of sulfonamides is 1. The monoisotopic (exact) mass is 401 g/mol. The lowest BCUT2D eigenvalue weighted by molar-refractivity contribution is -0.183. The second kappa shape index (κ2) is 7.58. The summed E-state index contributed by atoms with van der Waals surface area (Å²) >= 11 is 0. The molecule has 0 aliphatic rings. The number of thiol groups is 1. The van der Waals surface area contributed by atoms with Gasteiger partial charge in [0.2, 0.25) is 20.9 Å². The minimum absolute atomic E-state index is 0.0518. The predicted octanol–water partition coefficient (Wildman–Crippen LogP) is 0.464. The summed E-state index contributed by atoms with van der Waals surface area (Å²) in [6.45, 7) is 9.49. The van der Waals surface area contributed by atoms with E-state index in [9.17, 15) is 26.4 Å². The molecule has 0 unspecified atom stereocenters. The highest BCUT2D eigenvalue weighted by Crippen LogP contribution is 2.28. The number of hydrogen-bond acceptors (Lipinski definition) is 8. The molecule has 0 aromatic carbocycles. The van der Waals surface area contributed by atoms with E-state index in [-0.39, 0.29) is 3.71 Å². The molecule has 0 radical (unpaired) electrons. The third-order valence-electron chi connectivity index (χ3n) is 2.72. The average molecular weight is 402 g/mol. The Bertz CT molecular complexity index is 659. The highest BCUT2D eigenvalue weighted by Gasteiger charge is 2.50. The molecule has 0 rings (SSSR count). The first-order valence-electron chi connectivity index (χ1n) is 7.38. The van der Waals surface area contributed by atoms with Gasteiger partial charge < -0.3 is 9.47 Å². The van der Waals surface area contributed by atoms with Crippen LogP contribution in [0, 0.1) is 5.41 Å². The van der Waals surface area contributed by atoms with Crippen molar-refractivity contribution in [1.82, 2.24) is 3.71 Å². The van der Waals surface area contributed by atoms with E-state index < -0.39 is 56.0 Å². The molecule has 11 heteroatoms. The van der Waals surface area contributed by atoms with Crippen LogP contribution in [-0.4, -0.2) is 56.5 Å². The van der Waals surface area contributed by atoms with Crippen LogP contribution in [-0.2, 0) is 40.0 Å². The fourth-order valence-electron chi connectivity index (χ4n) is 1.56. The van der Waals surface area contributed by atoms with Crippen LogP contribution < -0.4 is 0 Å². The van der Waals surface area contributed by atoms with E-state index in [1.165, 1.54) is 0 Å². The number of hydrogen-bond donors (Lipinski definition) is 1. The van der Waals surface area contributed by atoms with Gasteiger partial charge in [0.15, 0.2) is 5.41 Å². The van der Waals surface area contributed by atoms with Crippen molar-refractivity contribution < 1.29 is 35.9 Å². The molecule has 0 aromatic rings. The third-order valence-corrected chi connectivity index (χ3v) is 5.41. The molecule has 25 heavy (non-hydrogen) atoms. The molecule has 0 atom stereocenters. The molecule has 148 valence electrons. The van der Waals surface area contributed by atoms with Crippen molar-refractivity contribution in [1.29, 1.82) is 0 Å². The van der Waals surface area contributed by atoms with E-state index in [1.807, 2.05) is 0 Å². The standard InChI is InChI=1S/C14H27NO8S2/c1-12(2,3)22-10(16)14(7,11(17)23-13(4,5)6)9-15(24(18)19)25(8,20)21/h24H,9H2,1-8H3. The minimum Gasteiger partial charge on any atom is -0.459 e. The second-order valence-electron chi connectivity index (χ2n) is 7.82. The minimum atomic E-state index is -4.23. The van der Waals surface area contributed by atoms with Gasteiger partial charge in [0.05, 0.1) is 12.8 Å². The first-order chi connectivity index (χ1) is 10.8. The average Bonchev–Trinajstić information content (AvgIpc) is 2.29. The molecular formula is C14H27NO8S2. The van der Waals surface area contributed by atoms with E-state index in [4.69, 9.17) is 9.47 Å². The van der Waals surface area contributed by atoms with Crippen LogP contribution in [0.1, 0.15) is 48.5 Å². The Morgan fingerprint density at radius 3 is 1.40 bits per heavy atom. The molecule has 0 saturated carbocycles. The van der Waals surface area contributed by atoms with Crippen LogP contribution in [0.4, 0.5) is 0 Å². The molecule has 0 heterocycles. The topological polar surface area (TPSA) is 124 Å². The van der Waals surface area contributed by atoms with Gasteiger partial charge in [0.1, 0.15) is 11.2 Å². The number of ether oxygens (including phenoxy) is 2. The summed E-state index contributed by atoms with van der Waals surface area (Å²) < 4.78 is 56.4. The van der Waals surface area contributed by atoms with Crippen molar-refractivity contribution in [2.45, 2.75) is 59.7 Å². The molecule has 0 spiro atoms. The Kier molecular flexibility index (Phi) is 7.22. The number of rotatable bonds is 6. The van der Waals surface area contributed by atoms with E-state index >= 15 is 0 Å². The molecule has 0 aliphatic heterocycles. The first kappa shape index (κ1) is 23.8. The lowest BCUT2D eigenvalue weighted by atomic mass is 9.90. The van der Waals surface area contributed by atoms with Crippen LogP contribution in [0.3, 0.4) is 0 Å². The van der Waals surface area contributed by atoms with Crippen LogP contribution in [0.15, 0.2) is 0 Å². The quantitative estimate of drug-likeness (QED) is 0.387. The van der Waals surface area contributed by atoms with Gasteiger partial charge in [0.25, 0.3) is 0 Å². The molecule has 0 aliphatic carbocycles. The van der Waals surface area contributed by atoms with E-state index in [0.29, 0.717) is 6.26 Å². The van der Waals surface area contributed by atoms with E-state index in [0.717, 1.165) is 6.92 Å². The Hall–Kier alpha value is -1.20. The zero-order chi connectivity index (χ0) is 20.4. The van der Waals surface area contributed by atoms with Crippen molar-refractivity contribution >= 4 is 32.9 Å². The summed E-state index contributed by atoms with van der Waals surface area (Å²) in [5.74, 6) is -2.17. The molecule has 0 N–H and O–H groups in total. The smallest absolute Gasteiger partial charge is 0.325 e. The van der Waals surface area contributed by atoms with Gasteiger partial charge >= 0.3 is 11.9 Å². The van der Waals surface area contributed by atoms with Gasteiger partial charge in [-0.1, -0.05) is 3.71 Å². The Morgan fingerprint density at radius 1 is 0.880 bits per heavy atom. The summed E-state index contributed by atoms with van der Waals surface area (Å²) in [5, 5.41) is 0. The molecule has 0 fully saturated rings. The van der Waals surface area contributed by atoms with Gasteiger partial charge in [-0.15, -0.1) is 0 Å². The lowest BCUT2D eigenvalue weighted by Gasteiger charge is -2.33. The maximum atomic E-state index is 12.6. The van der Waals surface area contributed by atoms with Crippen molar-refractivity contribution in [2.24, 2.45) is 5.41 Å². The van der Waals surface area contributed by atoms with Gasteiger partial charge in [0, 0.05) is 0 Å². The summed E-state index contributed by atoms with van der Waals surface area (Å²) in [5.41, 5.74) is -4.12. The summed E-state index contributed by atoms with van der Waals surface area (Å²) in [6, 6.07) is 0. The maximum Gasteiger partial charge on any atom is 0.325 e. The highest BCUT2D eigenvalue weighted by molar-refractivity contribution is 7.96. The number of carbonyl (C=O) groups is 2. The highest BCUT2D eigenvalue weighted by atomic mass is 32.3. The SMILES string of the molecule is CC(C)(C)OC(=O)C(C)(CN([SH](=O)=O)S(C)(=O)=O)C(=O)OC(C)(C)C. The number of nitrogens with zero attached hydrogens (tertiary/aromatic N) is 1. The zero-order valence-electron chi connectivity index (χ0n) is 15.8. The van der Waals surface area contributed by atoms with Gasteiger partial charge in [-0.3, -0.25) is 9.59 Å². The van der Waals surface area contributed by atoms with Crippen molar-refractivity contribution in [3.63, 3.8) is 0 Å². The molecule has 0 amide bonds. The van der Waals surface area contributed by atoms with Crippen molar-refractivity contribution in [3.05, 3.63) is 0 Å². The maximum absolute atomic E-state index is 12.6. The summed E-state index contributed by atoms with van der Waals surface area (Å²) in [4.78, 5) is 25.1.